The summed E-state index contributed by atoms with van der Waals surface area (Å²) in [6.45, 7) is 11.1. The van der Waals surface area contributed by atoms with E-state index in [9.17, 15) is 0 Å². The fourth-order valence-electron chi connectivity index (χ4n) is 7.21. The molecule has 6 nitrogen and oxygen atoms in total. The number of hydrogen-bond donors (Lipinski definition) is 0. The van der Waals surface area contributed by atoms with Gasteiger partial charge in [0.05, 0.1) is 17.4 Å². The lowest BCUT2D eigenvalue weighted by atomic mass is 9.86. The molecule has 5 aromatic heterocycles. The maximum Gasteiger partial charge on any atom is 0.146 e. The first kappa shape index (κ1) is 27.6. The van der Waals surface area contributed by atoms with Gasteiger partial charge in [0.2, 0.25) is 0 Å². The van der Waals surface area contributed by atoms with E-state index in [-0.39, 0.29) is 5.41 Å². The maximum absolute atomic E-state index is 6.61. The van der Waals surface area contributed by atoms with Gasteiger partial charge in [0, 0.05) is 45.7 Å². The van der Waals surface area contributed by atoms with Crippen molar-refractivity contribution < 1.29 is 4.74 Å². The molecule has 228 valence electrons. The number of ether oxygens (including phenoxy) is 1. The highest BCUT2D eigenvalue weighted by atomic mass is 16.5. The van der Waals surface area contributed by atoms with Crippen LogP contribution in [0.25, 0.3) is 66.0 Å². The van der Waals surface area contributed by atoms with Crippen LogP contribution in [-0.4, -0.2) is 23.8 Å². The Bertz CT molecular complexity index is 2710. The molecule has 0 atom stereocenters. The molecule has 0 unspecified atom stereocenters. The van der Waals surface area contributed by atoms with E-state index < -0.39 is 0 Å². The van der Waals surface area contributed by atoms with Gasteiger partial charge >= 0.3 is 0 Å². The fourth-order valence-corrected chi connectivity index (χ4v) is 7.21. The molecule has 0 aliphatic heterocycles. The third kappa shape index (κ3) is 4.14. The number of aryl methyl sites for hydroxylation is 2. The monoisotopic (exact) mass is 611 g/mol. The number of imidazole rings is 2. The zero-order chi connectivity index (χ0) is 32.0. The Hall–Kier alpha value is -5.75. The van der Waals surface area contributed by atoms with E-state index in [4.69, 9.17) is 19.7 Å². The zero-order valence-electron chi connectivity index (χ0n) is 27.0. The van der Waals surface area contributed by atoms with Crippen LogP contribution in [0.1, 0.15) is 37.5 Å². The molecule has 6 heteroatoms. The van der Waals surface area contributed by atoms with Crippen molar-refractivity contribution in [3.8, 4) is 22.8 Å². The number of pyridine rings is 3. The Morgan fingerprint density at radius 2 is 1.28 bits per heavy atom. The second-order valence-corrected chi connectivity index (χ2v) is 13.6. The minimum atomic E-state index is 0.0463. The van der Waals surface area contributed by atoms with Crippen LogP contribution in [0.15, 0.2) is 110 Å². The van der Waals surface area contributed by atoms with Gasteiger partial charge in [0.1, 0.15) is 28.4 Å². The van der Waals surface area contributed by atoms with E-state index in [1.54, 1.807) is 0 Å². The molecule has 0 saturated carbocycles. The fraction of sp³-hybridized carbons (Fsp3) is 0.146. The van der Waals surface area contributed by atoms with Gasteiger partial charge in [0.25, 0.3) is 0 Å². The Kier molecular flexibility index (Phi) is 5.79. The summed E-state index contributed by atoms with van der Waals surface area (Å²) in [7, 11) is 0. The summed E-state index contributed by atoms with van der Waals surface area (Å²) in [5.41, 5.74) is 9.78. The highest BCUT2D eigenvalue weighted by molar-refractivity contribution is 6.13. The van der Waals surface area contributed by atoms with E-state index in [0.29, 0.717) is 0 Å². The van der Waals surface area contributed by atoms with Crippen LogP contribution in [0.5, 0.6) is 11.5 Å². The number of fused-ring (bicyclic) bond motifs is 12. The number of rotatable bonds is 3. The molecular formula is C41H33N5O. The predicted molar refractivity (Wildman–Crippen MR) is 192 cm³/mol. The molecule has 0 spiro atoms. The van der Waals surface area contributed by atoms with Crippen LogP contribution >= 0.6 is 0 Å². The first-order chi connectivity index (χ1) is 22.8. The van der Waals surface area contributed by atoms with E-state index >= 15 is 0 Å². The average molecular weight is 612 g/mol. The maximum atomic E-state index is 6.61. The SMILES string of the molecule is Cc1cccc(C)c1-c1cnc2c3cc(Oc4ccc5c6cc(C(C)(C)C)ccc6n6ccnc6c5c4)ccc3c3cccnc3n12. The molecule has 0 aliphatic carbocycles. The number of aromatic nitrogens is 5. The summed E-state index contributed by atoms with van der Waals surface area (Å²) in [5.74, 6) is 1.50. The molecule has 9 rings (SSSR count). The topological polar surface area (TPSA) is 56.7 Å². The van der Waals surface area contributed by atoms with Crippen molar-refractivity contribution in [2.45, 2.75) is 40.0 Å². The van der Waals surface area contributed by atoms with Crippen LogP contribution in [-0.2, 0) is 5.41 Å². The quantitative estimate of drug-likeness (QED) is 0.187. The molecule has 9 aromatic rings. The second kappa shape index (κ2) is 9.87. The Labute approximate surface area is 271 Å². The number of benzene rings is 4. The summed E-state index contributed by atoms with van der Waals surface area (Å²) >= 11 is 0. The highest BCUT2D eigenvalue weighted by Crippen LogP contribution is 2.38. The van der Waals surface area contributed by atoms with Crippen molar-refractivity contribution in [2.75, 3.05) is 0 Å². The average Bonchev–Trinajstić information content (AvgIpc) is 3.73. The minimum Gasteiger partial charge on any atom is -0.457 e. The second-order valence-electron chi connectivity index (χ2n) is 13.6. The molecule has 0 N–H and O–H groups in total. The molecule has 0 amide bonds. The lowest BCUT2D eigenvalue weighted by Gasteiger charge is -2.20. The van der Waals surface area contributed by atoms with Crippen molar-refractivity contribution in [3.63, 3.8) is 0 Å². The lowest BCUT2D eigenvalue weighted by Crippen LogP contribution is -2.10. The third-order valence-corrected chi connectivity index (χ3v) is 9.54. The van der Waals surface area contributed by atoms with Crippen LogP contribution in [0.4, 0.5) is 0 Å². The largest absolute Gasteiger partial charge is 0.457 e. The van der Waals surface area contributed by atoms with E-state index in [0.717, 1.165) is 66.6 Å². The third-order valence-electron chi connectivity index (χ3n) is 9.54. The van der Waals surface area contributed by atoms with Gasteiger partial charge in [-0.25, -0.2) is 15.0 Å². The minimum absolute atomic E-state index is 0.0463. The molecular weight excluding hydrogens is 578 g/mol. The highest BCUT2D eigenvalue weighted by Gasteiger charge is 2.19. The molecule has 5 heterocycles. The summed E-state index contributed by atoms with van der Waals surface area (Å²) in [5, 5.41) is 6.59. The van der Waals surface area contributed by atoms with Gasteiger partial charge in [-0.3, -0.25) is 8.80 Å². The molecule has 0 fully saturated rings. The lowest BCUT2D eigenvalue weighted by molar-refractivity contribution is 0.484. The molecule has 0 radical (unpaired) electrons. The normalized spacial score (nSPS) is 12.4. The van der Waals surface area contributed by atoms with Crippen molar-refractivity contribution >= 4 is 54.8 Å². The van der Waals surface area contributed by atoms with E-state index in [1.807, 2.05) is 36.9 Å². The summed E-state index contributed by atoms with van der Waals surface area (Å²) < 4.78 is 11.0. The van der Waals surface area contributed by atoms with Crippen LogP contribution in [0, 0.1) is 13.8 Å². The van der Waals surface area contributed by atoms with Crippen molar-refractivity contribution in [1.82, 2.24) is 23.8 Å². The van der Waals surface area contributed by atoms with Gasteiger partial charge in [-0.15, -0.1) is 0 Å². The Morgan fingerprint density at radius 3 is 2.02 bits per heavy atom. The van der Waals surface area contributed by atoms with Crippen LogP contribution in [0.2, 0.25) is 0 Å². The van der Waals surface area contributed by atoms with E-state index in [2.05, 4.69) is 116 Å². The first-order valence-electron chi connectivity index (χ1n) is 16.0. The first-order valence-corrected chi connectivity index (χ1v) is 16.0. The summed E-state index contributed by atoms with van der Waals surface area (Å²) in [6.07, 6.45) is 7.72. The molecule has 0 bridgehead atoms. The number of nitrogens with zero attached hydrogens (tertiary/aromatic N) is 5. The zero-order valence-corrected chi connectivity index (χ0v) is 27.0. The van der Waals surface area contributed by atoms with Crippen LogP contribution < -0.4 is 4.74 Å². The smallest absolute Gasteiger partial charge is 0.146 e. The molecule has 4 aromatic carbocycles. The van der Waals surface area contributed by atoms with Crippen molar-refractivity contribution in [1.29, 1.82) is 0 Å². The van der Waals surface area contributed by atoms with Crippen LogP contribution in [0.3, 0.4) is 0 Å². The standard InChI is InChI=1S/C41H33N5O/c1-24-8-6-9-25(2)37(24)36-23-44-40-34-22-28(12-14-29(34)31-10-7-17-42-39(31)46(36)40)47-27-13-15-30-32-20-26(41(3,4)5)11-16-35(32)45-19-18-43-38(45)33(30)21-27/h6-23H,1-5H3. The van der Waals surface area contributed by atoms with Crippen molar-refractivity contribution in [2.24, 2.45) is 0 Å². The Balaban J connectivity index is 1.22. The van der Waals surface area contributed by atoms with Gasteiger partial charge in [-0.2, -0.15) is 0 Å². The summed E-state index contributed by atoms with van der Waals surface area (Å²) in [6, 6.07) is 29.9. The van der Waals surface area contributed by atoms with Gasteiger partial charge in [-0.05, 0) is 107 Å². The molecule has 47 heavy (non-hydrogen) atoms. The predicted octanol–water partition coefficient (Wildman–Crippen LogP) is 10.4. The summed E-state index contributed by atoms with van der Waals surface area (Å²) in [4.78, 5) is 14.6. The molecule has 0 aliphatic rings. The molecule has 0 saturated heterocycles. The van der Waals surface area contributed by atoms with E-state index in [1.165, 1.54) is 27.6 Å². The number of hydrogen-bond acceptors (Lipinski definition) is 4. The van der Waals surface area contributed by atoms with Gasteiger partial charge in [0.15, 0.2) is 0 Å². The Morgan fingerprint density at radius 1 is 0.596 bits per heavy atom. The van der Waals surface area contributed by atoms with Crippen molar-refractivity contribution in [3.05, 3.63) is 126 Å². The van der Waals surface area contributed by atoms with Gasteiger partial charge in [-0.1, -0.05) is 45.0 Å². The van der Waals surface area contributed by atoms with Gasteiger partial charge < -0.3 is 4.74 Å².